The molecule has 1 aromatic carbocycles. The van der Waals surface area contributed by atoms with Crippen LogP contribution in [0.4, 0.5) is 5.69 Å². The number of nitrogens with zero attached hydrogens (tertiary/aromatic N) is 1. The molecule has 106 valence electrons. The molecule has 1 heterocycles. The Hall–Kier alpha value is -1.59. The van der Waals surface area contributed by atoms with Crippen molar-refractivity contribution in [2.45, 2.75) is 19.9 Å². The Morgan fingerprint density at radius 2 is 2.25 bits per heavy atom. The number of methoxy groups -OCH3 is 1. The highest BCUT2D eigenvalue weighted by molar-refractivity contribution is 7.09. The third kappa shape index (κ3) is 3.11. The van der Waals surface area contributed by atoms with E-state index < -0.39 is 0 Å². The van der Waals surface area contributed by atoms with Crippen LogP contribution in [0.3, 0.4) is 0 Å². The van der Waals surface area contributed by atoms with E-state index in [2.05, 4.69) is 10.3 Å². The van der Waals surface area contributed by atoms with Crippen LogP contribution in [0.1, 0.15) is 33.9 Å². The van der Waals surface area contributed by atoms with Gasteiger partial charge in [-0.15, -0.1) is 11.3 Å². The number of esters is 1. The monoisotopic (exact) mass is 310 g/mol. The van der Waals surface area contributed by atoms with Crippen LogP contribution in [-0.2, 0) is 4.74 Å². The van der Waals surface area contributed by atoms with Crippen molar-refractivity contribution >= 4 is 34.6 Å². The highest BCUT2D eigenvalue weighted by Gasteiger charge is 2.14. The van der Waals surface area contributed by atoms with Crippen LogP contribution in [0.25, 0.3) is 0 Å². The van der Waals surface area contributed by atoms with E-state index in [0.29, 0.717) is 16.3 Å². The maximum absolute atomic E-state index is 11.5. The van der Waals surface area contributed by atoms with Gasteiger partial charge in [0.15, 0.2) is 0 Å². The molecule has 0 saturated heterocycles. The van der Waals surface area contributed by atoms with Gasteiger partial charge in [0.25, 0.3) is 0 Å². The summed E-state index contributed by atoms with van der Waals surface area (Å²) < 4.78 is 4.71. The van der Waals surface area contributed by atoms with Gasteiger partial charge < -0.3 is 10.1 Å². The summed E-state index contributed by atoms with van der Waals surface area (Å²) in [4.78, 5) is 16.9. The summed E-state index contributed by atoms with van der Waals surface area (Å²) in [6, 6.07) is 5.08. The molecule has 0 aliphatic carbocycles. The van der Waals surface area contributed by atoms with Crippen molar-refractivity contribution in [2.24, 2.45) is 0 Å². The predicted molar refractivity (Wildman–Crippen MR) is 81.7 cm³/mol. The summed E-state index contributed by atoms with van der Waals surface area (Å²) in [5, 5.41) is 3.87. The number of benzene rings is 1. The van der Waals surface area contributed by atoms with Crippen LogP contribution in [0.2, 0.25) is 5.02 Å². The van der Waals surface area contributed by atoms with Gasteiger partial charge in [-0.2, -0.15) is 0 Å². The first-order valence-electron chi connectivity index (χ1n) is 6.07. The molecule has 1 atom stereocenters. The van der Waals surface area contributed by atoms with Crippen LogP contribution in [0.15, 0.2) is 23.7 Å². The lowest BCUT2D eigenvalue weighted by Crippen LogP contribution is -2.08. The van der Waals surface area contributed by atoms with E-state index in [1.165, 1.54) is 7.11 Å². The zero-order valence-corrected chi connectivity index (χ0v) is 13.0. The number of nitrogens with one attached hydrogen (secondary N) is 1. The normalized spacial score (nSPS) is 12.0. The smallest absolute Gasteiger partial charge is 0.337 e. The fraction of sp³-hybridized carbons (Fsp3) is 0.286. The SMILES string of the molecule is COC(=O)c1ccc(Cl)c(NC(C)c2scnc2C)c1. The molecule has 2 aromatic rings. The zero-order valence-electron chi connectivity index (χ0n) is 11.4. The Labute approximate surface area is 126 Å². The second-order valence-electron chi connectivity index (χ2n) is 4.35. The average Bonchev–Trinajstić information content (AvgIpc) is 2.86. The minimum absolute atomic E-state index is 0.0629. The second kappa shape index (κ2) is 6.24. The Morgan fingerprint density at radius 3 is 2.85 bits per heavy atom. The lowest BCUT2D eigenvalue weighted by Gasteiger charge is -2.16. The zero-order chi connectivity index (χ0) is 14.7. The first kappa shape index (κ1) is 14.8. The lowest BCUT2D eigenvalue weighted by molar-refractivity contribution is 0.0601. The number of carbonyl (C=O) groups excluding carboxylic acids is 1. The van der Waals surface area contributed by atoms with Crippen molar-refractivity contribution in [2.75, 3.05) is 12.4 Å². The van der Waals surface area contributed by atoms with Crippen LogP contribution in [0, 0.1) is 6.92 Å². The molecule has 0 bridgehead atoms. The maximum Gasteiger partial charge on any atom is 0.337 e. The van der Waals surface area contributed by atoms with Crippen molar-refractivity contribution in [1.29, 1.82) is 0 Å². The number of rotatable bonds is 4. The summed E-state index contributed by atoms with van der Waals surface area (Å²) in [6.07, 6.45) is 0. The molecule has 2 rings (SSSR count). The highest BCUT2D eigenvalue weighted by Crippen LogP contribution is 2.30. The van der Waals surface area contributed by atoms with Crippen LogP contribution in [0.5, 0.6) is 0 Å². The number of thiazole rings is 1. The third-order valence-electron chi connectivity index (χ3n) is 2.94. The number of hydrogen-bond acceptors (Lipinski definition) is 5. The van der Waals surface area contributed by atoms with Crippen LogP contribution >= 0.6 is 22.9 Å². The number of aryl methyl sites for hydroxylation is 1. The molecule has 1 aromatic heterocycles. The molecule has 0 radical (unpaired) electrons. The molecular weight excluding hydrogens is 296 g/mol. The summed E-state index contributed by atoms with van der Waals surface area (Å²) in [5.74, 6) is -0.383. The Morgan fingerprint density at radius 1 is 1.50 bits per heavy atom. The van der Waals surface area contributed by atoms with E-state index >= 15 is 0 Å². The molecule has 0 amide bonds. The Kier molecular flexibility index (Phi) is 4.62. The molecule has 1 unspecified atom stereocenters. The third-order valence-corrected chi connectivity index (χ3v) is 4.38. The molecule has 4 nitrogen and oxygen atoms in total. The van der Waals surface area contributed by atoms with Crippen molar-refractivity contribution in [3.8, 4) is 0 Å². The highest BCUT2D eigenvalue weighted by atomic mass is 35.5. The van der Waals surface area contributed by atoms with Crippen LogP contribution < -0.4 is 5.32 Å². The van der Waals surface area contributed by atoms with E-state index in [1.54, 1.807) is 29.5 Å². The van der Waals surface area contributed by atoms with Crippen molar-refractivity contribution in [1.82, 2.24) is 4.98 Å². The fourth-order valence-electron chi connectivity index (χ4n) is 1.91. The quantitative estimate of drug-likeness (QED) is 0.865. The molecule has 0 aliphatic heterocycles. The van der Waals surface area contributed by atoms with E-state index in [-0.39, 0.29) is 12.0 Å². The number of carbonyl (C=O) groups is 1. The molecular formula is C14H15ClN2O2S. The van der Waals surface area contributed by atoms with Crippen molar-refractivity contribution in [3.63, 3.8) is 0 Å². The second-order valence-corrected chi connectivity index (χ2v) is 5.65. The largest absolute Gasteiger partial charge is 0.465 e. The Bertz CT molecular complexity index is 627. The van der Waals surface area contributed by atoms with Crippen molar-refractivity contribution in [3.05, 3.63) is 44.9 Å². The molecule has 6 heteroatoms. The predicted octanol–water partition coefficient (Wildman–Crippen LogP) is 4.06. The van der Waals surface area contributed by atoms with Crippen molar-refractivity contribution < 1.29 is 9.53 Å². The van der Waals surface area contributed by atoms with Gasteiger partial charge >= 0.3 is 5.97 Å². The molecule has 0 fully saturated rings. The molecule has 0 aliphatic rings. The standard InChI is InChI=1S/C14H15ClN2O2S/c1-8-13(20-7-16-8)9(2)17-12-6-10(14(18)19-3)4-5-11(12)15/h4-7,9,17H,1-3H3. The Balaban J connectivity index is 2.24. The van der Waals surface area contributed by atoms with E-state index in [0.717, 1.165) is 10.6 Å². The van der Waals surface area contributed by atoms with Gasteiger partial charge in [0.2, 0.25) is 0 Å². The number of hydrogen-bond donors (Lipinski definition) is 1. The minimum Gasteiger partial charge on any atom is -0.465 e. The number of ether oxygens (including phenoxy) is 1. The molecule has 1 N–H and O–H groups in total. The lowest BCUT2D eigenvalue weighted by atomic mass is 10.1. The van der Waals surface area contributed by atoms with E-state index in [1.807, 2.05) is 19.4 Å². The first-order valence-corrected chi connectivity index (χ1v) is 7.33. The first-order chi connectivity index (χ1) is 9.52. The number of halogens is 1. The minimum atomic E-state index is -0.383. The van der Waals surface area contributed by atoms with Crippen LogP contribution in [-0.4, -0.2) is 18.1 Å². The van der Waals surface area contributed by atoms with Gasteiger partial charge in [0.1, 0.15) is 0 Å². The maximum atomic E-state index is 11.5. The summed E-state index contributed by atoms with van der Waals surface area (Å²) in [7, 11) is 1.35. The van der Waals surface area contributed by atoms with E-state index in [9.17, 15) is 4.79 Å². The molecule has 0 spiro atoms. The number of aromatic nitrogens is 1. The average molecular weight is 311 g/mol. The van der Waals surface area contributed by atoms with Gasteiger partial charge in [-0.1, -0.05) is 11.6 Å². The summed E-state index contributed by atoms with van der Waals surface area (Å²) in [5.41, 5.74) is 3.98. The van der Waals surface area contributed by atoms with E-state index in [4.69, 9.17) is 16.3 Å². The van der Waals surface area contributed by atoms with Gasteiger partial charge in [-0.25, -0.2) is 9.78 Å². The van der Waals surface area contributed by atoms with Gasteiger partial charge in [0.05, 0.1) is 40.6 Å². The summed E-state index contributed by atoms with van der Waals surface area (Å²) >= 11 is 7.75. The van der Waals surface area contributed by atoms with Gasteiger partial charge in [0, 0.05) is 4.88 Å². The fourth-order valence-corrected chi connectivity index (χ4v) is 2.89. The topological polar surface area (TPSA) is 51.2 Å². The molecule has 20 heavy (non-hydrogen) atoms. The summed E-state index contributed by atoms with van der Waals surface area (Å²) in [6.45, 7) is 4.00. The van der Waals surface area contributed by atoms with Gasteiger partial charge in [-0.05, 0) is 32.0 Å². The molecule has 0 saturated carbocycles. The number of anilines is 1. The van der Waals surface area contributed by atoms with Gasteiger partial charge in [-0.3, -0.25) is 0 Å².